The van der Waals surface area contributed by atoms with Crippen LogP contribution < -0.4 is 10.6 Å². The minimum absolute atomic E-state index is 0.0146. The van der Waals surface area contributed by atoms with E-state index in [0.29, 0.717) is 11.1 Å². The zero-order valence-corrected chi connectivity index (χ0v) is 18.5. The van der Waals surface area contributed by atoms with Crippen LogP contribution in [0.2, 0.25) is 0 Å². The van der Waals surface area contributed by atoms with E-state index in [1.165, 1.54) is 18.5 Å². The fraction of sp³-hybridized carbons (Fsp3) is 0.304. The van der Waals surface area contributed by atoms with Crippen molar-refractivity contribution in [3.63, 3.8) is 0 Å². The third kappa shape index (κ3) is 5.14. The lowest BCUT2D eigenvalue weighted by Gasteiger charge is -2.19. The number of alkyl halides is 2. The third-order valence-electron chi connectivity index (χ3n) is 5.37. The number of fused-ring (bicyclic) bond motifs is 1. The second kappa shape index (κ2) is 9.19. The number of aromatic nitrogens is 1. The number of carbonyl (C=O) groups excluding carboxylic acids is 2. The average molecular weight is 470 g/mol. The van der Waals surface area contributed by atoms with Crippen molar-refractivity contribution in [1.82, 2.24) is 15.2 Å². The van der Waals surface area contributed by atoms with Crippen molar-refractivity contribution in [3.8, 4) is 6.07 Å². The number of benzene rings is 1. The molecule has 2 amide bonds. The van der Waals surface area contributed by atoms with E-state index in [4.69, 9.17) is 5.26 Å². The molecule has 7 nitrogen and oxygen atoms in total. The molecule has 0 aliphatic carbocycles. The van der Waals surface area contributed by atoms with Crippen molar-refractivity contribution in [1.29, 1.82) is 5.26 Å². The summed E-state index contributed by atoms with van der Waals surface area (Å²) in [6.45, 7) is 0.723. The van der Waals surface area contributed by atoms with E-state index in [1.54, 1.807) is 23.9 Å². The molecule has 2 N–H and O–H groups in total. The maximum atomic E-state index is 13.6. The Morgan fingerprint density at radius 1 is 1.42 bits per heavy atom. The number of hydrogen-bond donors (Lipinski definition) is 2. The molecule has 33 heavy (non-hydrogen) atoms. The van der Waals surface area contributed by atoms with Gasteiger partial charge in [-0.05, 0) is 30.7 Å². The molecule has 170 valence electrons. The maximum Gasteiger partial charge on any atom is 0.268 e. The van der Waals surface area contributed by atoms with E-state index in [0.717, 1.165) is 21.0 Å². The van der Waals surface area contributed by atoms with Crippen LogP contribution in [0.3, 0.4) is 0 Å². The Kier molecular flexibility index (Phi) is 6.33. The van der Waals surface area contributed by atoms with Crippen LogP contribution >= 0.6 is 11.8 Å². The number of pyridine rings is 1. The van der Waals surface area contributed by atoms with E-state index in [-0.39, 0.29) is 5.37 Å². The van der Waals surface area contributed by atoms with Crippen LogP contribution in [0.25, 0.3) is 6.08 Å². The van der Waals surface area contributed by atoms with E-state index in [2.05, 4.69) is 27.8 Å². The van der Waals surface area contributed by atoms with Crippen molar-refractivity contribution in [2.75, 3.05) is 18.4 Å². The summed E-state index contributed by atoms with van der Waals surface area (Å²) in [7, 11) is 0. The number of likely N-dealkylation sites (tertiary alicyclic amines) is 1. The van der Waals surface area contributed by atoms with Crippen LogP contribution in [0.5, 0.6) is 0 Å². The fourth-order valence-electron chi connectivity index (χ4n) is 3.75. The van der Waals surface area contributed by atoms with E-state index in [9.17, 15) is 18.4 Å². The van der Waals surface area contributed by atoms with Gasteiger partial charge in [0.15, 0.2) is 0 Å². The van der Waals surface area contributed by atoms with Crippen molar-refractivity contribution in [2.24, 2.45) is 0 Å². The zero-order valence-electron chi connectivity index (χ0n) is 17.7. The molecule has 2 atom stereocenters. The number of rotatable bonds is 5. The normalized spacial score (nSPS) is 20.8. The van der Waals surface area contributed by atoms with Crippen LogP contribution in [0.15, 0.2) is 47.6 Å². The summed E-state index contributed by atoms with van der Waals surface area (Å²) < 4.78 is 27.1. The predicted octanol–water partition coefficient (Wildman–Crippen LogP) is 3.44. The lowest BCUT2D eigenvalue weighted by molar-refractivity contribution is -0.131. The molecule has 1 aromatic carbocycles. The molecule has 0 saturated carbocycles. The molecule has 2 aromatic rings. The van der Waals surface area contributed by atoms with Crippen LogP contribution in [-0.4, -0.2) is 52.1 Å². The van der Waals surface area contributed by atoms with Gasteiger partial charge in [-0.3, -0.25) is 14.6 Å². The van der Waals surface area contributed by atoms with Gasteiger partial charge in [-0.1, -0.05) is 30.0 Å². The highest BCUT2D eigenvalue weighted by Crippen LogP contribution is 2.39. The first-order valence-corrected chi connectivity index (χ1v) is 11.1. The molecule has 1 saturated heterocycles. The smallest absolute Gasteiger partial charge is 0.268 e. The second-order valence-corrected chi connectivity index (χ2v) is 9.10. The highest BCUT2D eigenvalue weighted by Gasteiger charge is 2.47. The molecule has 2 aliphatic rings. The highest BCUT2D eigenvalue weighted by molar-refractivity contribution is 8.00. The van der Waals surface area contributed by atoms with Crippen molar-refractivity contribution in [2.45, 2.75) is 35.6 Å². The highest BCUT2D eigenvalue weighted by atomic mass is 32.2. The number of carbonyl (C=O) groups is 2. The summed E-state index contributed by atoms with van der Waals surface area (Å²) in [4.78, 5) is 31.1. The Bertz CT molecular complexity index is 1160. The van der Waals surface area contributed by atoms with Crippen LogP contribution in [0, 0.1) is 18.3 Å². The monoisotopic (exact) mass is 469 g/mol. The third-order valence-corrected chi connectivity index (χ3v) is 6.51. The SMILES string of the molecule is Cc1ccc2c(c1)NC(/C=C/c1cnccc1C(=O)NCC(=O)N1CC(F)(F)C[C@H]1C#N)S2. The molecular weight excluding hydrogens is 448 g/mol. The van der Waals surface area contributed by atoms with Gasteiger partial charge in [0.05, 0.1) is 24.5 Å². The maximum absolute atomic E-state index is 13.6. The molecule has 0 bridgehead atoms. The van der Waals surface area contributed by atoms with Crippen LogP contribution in [-0.2, 0) is 4.79 Å². The molecule has 1 aromatic heterocycles. The van der Waals surface area contributed by atoms with Gasteiger partial charge >= 0.3 is 0 Å². The van der Waals surface area contributed by atoms with Gasteiger partial charge in [0.2, 0.25) is 5.91 Å². The number of aryl methyl sites for hydroxylation is 1. The van der Waals surface area contributed by atoms with Crippen molar-refractivity contribution in [3.05, 3.63) is 59.4 Å². The second-order valence-electron chi connectivity index (χ2n) is 7.91. The number of halogens is 2. The summed E-state index contributed by atoms with van der Waals surface area (Å²) in [5.41, 5.74) is 3.07. The van der Waals surface area contributed by atoms with E-state index < -0.39 is 43.3 Å². The Balaban J connectivity index is 1.39. The Morgan fingerprint density at radius 3 is 3.03 bits per heavy atom. The van der Waals surface area contributed by atoms with Crippen molar-refractivity contribution < 1.29 is 18.4 Å². The van der Waals surface area contributed by atoms with Gasteiger partial charge in [0, 0.05) is 40.5 Å². The van der Waals surface area contributed by atoms with Crippen molar-refractivity contribution >= 4 is 35.3 Å². The molecule has 4 rings (SSSR count). The number of thioether (sulfide) groups is 1. The van der Waals surface area contributed by atoms with Gasteiger partial charge in [-0.25, -0.2) is 8.78 Å². The first-order valence-electron chi connectivity index (χ1n) is 10.3. The van der Waals surface area contributed by atoms with Gasteiger partial charge in [0.25, 0.3) is 11.8 Å². The molecule has 1 fully saturated rings. The standard InChI is InChI=1S/C23H21F2N5O2S/c1-14-2-4-19-18(8-14)29-20(33-19)5-3-15-11-27-7-6-17(15)22(32)28-12-21(31)30-13-23(24,25)9-16(30)10-26/h2-8,11,16,20,29H,9,12-13H2,1H3,(H,28,32)/b5-3+/t16-,20?/m0/s1. The zero-order chi connectivity index (χ0) is 23.6. The molecule has 3 heterocycles. The first-order chi connectivity index (χ1) is 15.8. The molecule has 0 spiro atoms. The van der Waals surface area contributed by atoms with Gasteiger partial charge in [0.1, 0.15) is 6.04 Å². The Hall–Kier alpha value is -3.45. The number of nitrogens with one attached hydrogen (secondary N) is 2. The van der Waals surface area contributed by atoms with Crippen LogP contribution in [0.1, 0.15) is 27.9 Å². The Morgan fingerprint density at radius 2 is 2.24 bits per heavy atom. The minimum Gasteiger partial charge on any atom is -0.369 e. The summed E-state index contributed by atoms with van der Waals surface area (Å²) in [5.74, 6) is -4.36. The quantitative estimate of drug-likeness (QED) is 0.696. The van der Waals surface area contributed by atoms with E-state index >= 15 is 0 Å². The fourth-order valence-corrected chi connectivity index (χ4v) is 4.76. The van der Waals surface area contributed by atoms with Crippen LogP contribution in [0.4, 0.5) is 14.5 Å². The van der Waals surface area contributed by atoms with Gasteiger partial charge in [-0.15, -0.1) is 0 Å². The molecule has 10 heteroatoms. The Labute approximate surface area is 193 Å². The minimum atomic E-state index is -3.10. The summed E-state index contributed by atoms with van der Waals surface area (Å²) >= 11 is 1.65. The van der Waals surface area contributed by atoms with Gasteiger partial charge < -0.3 is 15.5 Å². The number of nitrogens with zero attached hydrogens (tertiary/aromatic N) is 3. The first kappa shape index (κ1) is 22.7. The number of hydrogen-bond acceptors (Lipinski definition) is 6. The summed E-state index contributed by atoms with van der Waals surface area (Å²) in [5, 5.41) is 14.9. The number of anilines is 1. The summed E-state index contributed by atoms with van der Waals surface area (Å²) in [6, 6.07) is 8.22. The predicted molar refractivity (Wildman–Crippen MR) is 121 cm³/mol. The molecule has 1 unspecified atom stereocenters. The average Bonchev–Trinajstić information content (AvgIpc) is 3.34. The lowest BCUT2D eigenvalue weighted by Crippen LogP contribution is -2.43. The van der Waals surface area contributed by atoms with Gasteiger partial charge in [-0.2, -0.15) is 5.26 Å². The topological polar surface area (TPSA) is 98.1 Å². The number of amides is 2. The molecular formula is C23H21F2N5O2S. The summed E-state index contributed by atoms with van der Waals surface area (Å²) in [6.07, 6.45) is 6.00. The lowest BCUT2D eigenvalue weighted by atomic mass is 10.1. The molecule has 2 aliphatic heterocycles. The molecule has 0 radical (unpaired) electrons. The largest absolute Gasteiger partial charge is 0.369 e. The van der Waals surface area contributed by atoms with E-state index in [1.807, 2.05) is 19.1 Å². The number of nitriles is 1.